The van der Waals surface area contributed by atoms with Gasteiger partial charge in [-0.25, -0.2) is 4.98 Å². The number of rotatable bonds is 4. The lowest BCUT2D eigenvalue weighted by molar-refractivity contribution is -0.384. The van der Waals surface area contributed by atoms with E-state index >= 15 is 0 Å². The number of aromatic nitrogens is 1. The van der Waals surface area contributed by atoms with Crippen LogP contribution in [0.2, 0.25) is 5.15 Å². The van der Waals surface area contributed by atoms with Gasteiger partial charge in [0.1, 0.15) is 11.3 Å². The predicted octanol–water partition coefficient (Wildman–Crippen LogP) is 3.34. The van der Waals surface area contributed by atoms with E-state index in [1.165, 1.54) is 12.1 Å². The highest BCUT2D eigenvalue weighted by Gasteiger charge is 2.51. The van der Waals surface area contributed by atoms with Crippen LogP contribution in [0.5, 0.6) is 0 Å². The van der Waals surface area contributed by atoms with Crippen LogP contribution in [0.4, 0.5) is 17.2 Å². The number of pyridine rings is 1. The summed E-state index contributed by atoms with van der Waals surface area (Å²) in [4.78, 5) is 14.4. The quantitative estimate of drug-likeness (QED) is 0.376. The molecule has 1 fully saturated rings. The molecule has 9 heteroatoms. The highest BCUT2D eigenvalue weighted by Crippen LogP contribution is 2.41. The molecule has 1 aromatic carbocycles. The molecular weight excluding hydrogens is 343 g/mol. The molecule has 0 radical (unpaired) electrons. The number of hydrogen-bond donors (Lipinski definition) is 2. The summed E-state index contributed by atoms with van der Waals surface area (Å²) in [5, 5.41) is 14.1. The van der Waals surface area contributed by atoms with Crippen molar-refractivity contribution in [3.8, 4) is 0 Å². The van der Waals surface area contributed by atoms with E-state index < -0.39 is 10.6 Å². The summed E-state index contributed by atoms with van der Waals surface area (Å²) >= 11 is 5.79. The average molecular weight is 357 g/mol. The third-order valence-electron chi connectivity index (χ3n) is 3.55. The first-order valence-electron chi connectivity index (χ1n) is 6.55. The zero-order chi connectivity index (χ0) is 15.9. The van der Waals surface area contributed by atoms with Gasteiger partial charge in [0.25, 0.3) is 0 Å². The minimum absolute atomic E-state index is 0. The van der Waals surface area contributed by atoms with Crippen LogP contribution in [-0.4, -0.2) is 16.0 Å². The van der Waals surface area contributed by atoms with E-state index in [2.05, 4.69) is 10.3 Å². The molecule has 2 atom stereocenters. The van der Waals surface area contributed by atoms with Crippen molar-refractivity contribution in [1.29, 1.82) is 0 Å². The fourth-order valence-electron chi connectivity index (χ4n) is 2.18. The van der Waals surface area contributed by atoms with Gasteiger partial charge < -0.3 is 10.1 Å². The van der Waals surface area contributed by atoms with E-state index in [0.717, 1.165) is 5.56 Å². The van der Waals surface area contributed by atoms with E-state index in [0.29, 0.717) is 5.69 Å². The van der Waals surface area contributed by atoms with Crippen LogP contribution in [0, 0.1) is 10.1 Å². The van der Waals surface area contributed by atoms with Crippen molar-refractivity contribution in [2.45, 2.75) is 18.8 Å². The van der Waals surface area contributed by atoms with Crippen molar-refractivity contribution in [3.05, 3.63) is 57.2 Å². The van der Waals surface area contributed by atoms with Gasteiger partial charge >= 0.3 is 5.69 Å². The fraction of sp³-hybridized carbons (Fsp3) is 0.214. The summed E-state index contributed by atoms with van der Waals surface area (Å²) in [7, 11) is 0. The molecule has 0 aliphatic carbocycles. The minimum atomic E-state index is -0.737. The smallest absolute Gasteiger partial charge is 0.311 e. The normalized spacial score (nSPS) is 22.1. The van der Waals surface area contributed by atoms with Crippen LogP contribution in [-0.2, 0) is 10.5 Å². The molecular formula is C14H14Cl2N4O3. The minimum Gasteiger partial charge on any atom is -0.346 e. The molecule has 2 heterocycles. The van der Waals surface area contributed by atoms with Gasteiger partial charge in [-0.3, -0.25) is 15.8 Å². The number of nitro groups is 1. The van der Waals surface area contributed by atoms with E-state index in [1.807, 2.05) is 19.1 Å². The molecule has 0 saturated carbocycles. The Morgan fingerprint density at radius 2 is 1.96 bits per heavy atom. The lowest BCUT2D eigenvalue weighted by atomic mass is 10.1. The predicted molar refractivity (Wildman–Crippen MR) is 89.3 cm³/mol. The lowest BCUT2D eigenvalue weighted by Crippen LogP contribution is -2.23. The molecule has 1 aromatic heterocycles. The summed E-state index contributed by atoms with van der Waals surface area (Å²) in [6, 6.07) is 9.80. The van der Waals surface area contributed by atoms with Gasteiger partial charge in [-0.2, -0.15) is 0 Å². The second-order valence-electron chi connectivity index (χ2n) is 5.01. The number of nitrogens with one attached hydrogen (secondary N) is 1. The number of hydrogen-bond acceptors (Lipinski definition) is 6. The zero-order valence-corrected chi connectivity index (χ0v) is 13.6. The van der Waals surface area contributed by atoms with E-state index in [-0.39, 0.29) is 35.2 Å². The molecule has 122 valence electrons. The van der Waals surface area contributed by atoms with Crippen LogP contribution in [0.15, 0.2) is 36.4 Å². The highest BCUT2D eigenvalue weighted by molar-refractivity contribution is 6.29. The first-order valence-corrected chi connectivity index (χ1v) is 6.93. The molecule has 2 unspecified atom stereocenters. The van der Waals surface area contributed by atoms with Crippen LogP contribution < -0.4 is 11.1 Å². The molecule has 3 N–H and O–H groups in total. The van der Waals surface area contributed by atoms with Crippen LogP contribution in [0.3, 0.4) is 0 Å². The Kier molecular flexibility index (Phi) is 4.76. The van der Waals surface area contributed by atoms with Gasteiger partial charge in [0, 0.05) is 17.3 Å². The SMILES string of the molecule is CC1OC1(N)c1ccc(Nc2nc(Cl)ccc2[N+](=O)[O-])cc1.Cl. The summed E-state index contributed by atoms with van der Waals surface area (Å²) in [6.45, 7) is 1.89. The summed E-state index contributed by atoms with van der Waals surface area (Å²) in [6.07, 6.45) is -0.0259. The number of nitrogens with two attached hydrogens (primary N) is 1. The Hall–Kier alpha value is -1.93. The molecule has 2 aromatic rings. The molecule has 7 nitrogen and oxygen atoms in total. The maximum absolute atomic E-state index is 11.0. The number of halogens is 2. The van der Waals surface area contributed by atoms with Crippen molar-refractivity contribution in [1.82, 2.24) is 4.98 Å². The average Bonchev–Trinajstić information content (AvgIpc) is 3.08. The maximum atomic E-state index is 11.0. The van der Waals surface area contributed by atoms with Gasteiger partial charge in [-0.05, 0) is 25.1 Å². The fourth-order valence-corrected chi connectivity index (χ4v) is 2.33. The summed E-state index contributed by atoms with van der Waals surface area (Å²) < 4.78 is 5.35. The Morgan fingerprint density at radius 3 is 2.48 bits per heavy atom. The Morgan fingerprint density at radius 1 is 1.35 bits per heavy atom. The third kappa shape index (κ3) is 3.37. The third-order valence-corrected chi connectivity index (χ3v) is 3.76. The summed E-state index contributed by atoms with van der Waals surface area (Å²) in [5.41, 5.74) is 6.63. The second kappa shape index (κ2) is 6.29. The number of anilines is 2. The molecule has 1 aliphatic rings. The van der Waals surface area contributed by atoms with Crippen molar-refractivity contribution >= 4 is 41.2 Å². The topological polar surface area (TPSA) is 107 Å². The molecule has 1 aliphatic heterocycles. The van der Waals surface area contributed by atoms with Crippen molar-refractivity contribution in [2.75, 3.05) is 5.32 Å². The van der Waals surface area contributed by atoms with Crippen molar-refractivity contribution in [2.24, 2.45) is 5.73 Å². The Balaban J connectivity index is 0.00000192. The zero-order valence-electron chi connectivity index (χ0n) is 12.0. The highest BCUT2D eigenvalue weighted by atomic mass is 35.5. The Labute approximate surface area is 143 Å². The van der Waals surface area contributed by atoms with Crippen LogP contribution >= 0.6 is 24.0 Å². The van der Waals surface area contributed by atoms with Crippen molar-refractivity contribution < 1.29 is 9.66 Å². The second-order valence-corrected chi connectivity index (χ2v) is 5.40. The number of benzene rings is 1. The number of nitrogens with zero attached hydrogens (tertiary/aromatic N) is 2. The molecule has 0 bridgehead atoms. The first kappa shape index (κ1) is 17.4. The monoisotopic (exact) mass is 356 g/mol. The van der Waals surface area contributed by atoms with Crippen LogP contribution in [0.25, 0.3) is 0 Å². The van der Waals surface area contributed by atoms with Gasteiger partial charge in [-0.1, -0.05) is 23.7 Å². The maximum Gasteiger partial charge on any atom is 0.311 e. The molecule has 23 heavy (non-hydrogen) atoms. The van der Waals surface area contributed by atoms with E-state index in [9.17, 15) is 10.1 Å². The van der Waals surface area contributed by atoms with Crippen molar-refractivity contribution in [3.63, 3.8) is 0 Å². The van der Waals surface area contributed by atoms with E-state index in [4.69, 9.17) is 22.1 Å². The Bertz CT molecular complexity index is 741. The van der Waals surface area contributed by atoms with Crippen LogP contribution in [0.1, 0.15) is 12.5 Å². The van der Waals surface area contributed by atoms with Gasteiger partial charge in [0.15, 0.2) is 5.72 Å². The van der Waals surface area contributed by atoms with E-state index in [1.54, 1.807) is 12.1 Å². The number of epoxide rings is 1. The van der Waals surface area contributed by atoms with Gasteiger partial charge in [0.2, 0.25) is 5.82 Å². The molecule has 0 spiro atoms. The standard InChI is InChI=1S/C14H13ClN4O3.ClH/c1-8-14(16,22-8)9-2-4-10(5-3-9)17-13-11(19(20)21)6-7-12(15)18-13;/h2-8H,16H2,1H3,(H,17,18);1H. The number of ether oxygens (including phenoxy) is 1. The first-order chi connectivity index (χ1) is 10.4. The summed E-state index contributed by atoms with van der Waals surface area (Å²) in [5.74, 6) is 0.0868. The lowest BCUT2D eigenvalue weighted by Gasteiger charge is -2.09. The van der Waals surface area contributed by atoms with Gasteiger partial charge in [-0.15, -0.1) is 12.4 Å². The molecule has 0 amide bonds. The molecule has 3 rings (SSSR count). The van der Waals surface area contributed by atoms with Gasteiger partial charge in [0.05, 0.1) is 4.92 Å². The largest absolute Gasteiger partial charge is 0.346 e. The molecule has 1 saturated heterocycles.